The van der Waals surface area contributed by atoms with Gasteiger partial charge < -0.3 is 4.98 Å². The molecule has 0 aliphatic heterocycles. The van der Waals surface area contributed by atoms with Crippen molar-refractivity contribution >= 4 is 33.3 Å². The number of amides is 1. The molecule has 2 N–H and O–H groups in total. The van der Waals surface area contributed by atoms with E-state index in [0.29, 0.717) is 17.1 Å². The van der Waals surface area contributed by atoms with E-state index in [2.05, 4.69) is 39.6 Å². The minimum Gasteiger partial charge on any atom is -0.358 e. The van der Waals surface area contributed by atoms with Crippen molar-refractivity contribution in [2.75, 3.05) is 5.32 Å². The van der Waals surface area contributed by atoms with Crippen molar-refractivity contribution < 1.29 is 4.79 Å². The van der Waals surface area contributed by atoms with Crippen LogP contribution in [0.15, 0.2) is 48.5 Å². The molecule has 4 rings (SSSR count). The number of aromatic amines is 1. The van der Waals surface area contributed by atoms with E-state index in [1.165, 1.54) is 16.9 Å². The number of fused-ring (bicyclic) bond motifs is 1. The Morgan fingerprint density at radius 1 is 1.12 bits per heavy atom. The van der Waals surface area contributed by atoms with Crippen LogP contribution in [0.5, 0.6) is 0 Å². The summed E-state index contributed by atoms with van der Waals surface area (Å²) in [4.78, 5) is 15.9. The minimum absolute atomic E-state index is 0.174. The van der Waals surface area contributed by atoms with Crippen LogP contribution in [-0.2, 0) is 6.42 Å². The summed E-state index contributed by atoms with van der Waals surface area (Å²) in [5.74, 6) is -0.174. The molecule has 2 aromatic heterocycles. The first-order valence-electron chi connectivity index (χ1n) is 8.37. The minimum atomic E-state index is -0.174. The standard InChI is InChI=1S/C20H18N4OS/c1-12-13(2)21-17-9-8-15(11-16(12)17)19(25)22-20-24-23-18(26-20)10-14-6-4-3-5-7-14/h3-9,11,21H,10H2,1-2H3,(H,22,24,25). The van der Waals surface area contributed by atoms with Crippen molar-refractivity contribution in [1.82, 2.24) is 15.2 Å². The zero-order chi connectivity index (χ0) is 18.1. The predicted octanol–water partition coefficient (Wildman–Crippen LogP) is 4.48. The fourth-order valence-corrected chi connectivity index (χ4v) is 3.69. The molecule has 4 aromatic rings. The Bertz CT molecular complexity index is 1080. The zero-order valence-electron chi connectivity index (χ0n) is 14.5. The maximum Gasteiger partial charge on any atom is 0.257 e. The number of carbonyl (C=O) groups is 1. The van der Waals surface area contributed by atoms with Crippen molar-refractivity contribution in [2.45, 2.75) is 20.3 Å². The number of H-pyrrole nitrogens is 1. The highest BCUT2D eigenvalue weighted by molar-refractivity contribution is 7.15. The fourth-order valence-electron chi connectivity index (χ4n) is 2.92. The summed E-state index contributed by atoms with van der Waals surface area (Å²) in [5, 5.41) is 13.6. The Morgan fingerprint density at radius 2 is 1.92 bits per heavy atom. The van der Waals surface area contributed by atoms with Crippen LogP contribution in [0.3, 0.4) is 0 Å². The van der Waals surface area contributed by atoms with Crippen LogP contribution in [0.25, 0.3) is 10.9 Å². The van der Waals surface area contributed by atoms with E-state index in [0.717, 1.165) is 27.2 Å². The van der Waals surface area contributed by atoms with Crippen LogP contribution in [0.2, 0.25) is 0 Å². The Balaban J connectivity index is 1.50. The van der Waals surface area contributed by atoms with Gasteiger partial charge >= 0.3 is 0 Å². The van der Waals surface area contributed by atoms with Gasteiger partial charge in [-0.3, -0.25) is 10.1 Å². The molecule has 0 saturated carbocycles. The lowest BCUT2D eigenvalue weighted by Crippen LogP contribution is -2.11. The summed E-state index contributed by atoms with van der Waals surface area (Å²) in [5.41, 5.74) is 5.10. The highest BCUT2D eigenvalue weighted by Crippen LogP contribution is 2.24. The number of aromatic nitrogens is 3. The number of hydrogen-bond donors (Lipinski definition) is 2. The van der Waals surface area contributed by atoms with Gasteiger partial charge in [-0.2, -0.15) is 0 Å². The second-order valence-electron chi connectivity index (χ2n) is 6.25. The van der Waals surface area contributed by atoms with Crippen LogP contribution in [0.1, 0.15) is 32.2 Å². The van der Waals surface area contributed by atoms with Gasteiger partial charge in [-0.25, -0.2) is 0 Å². The Labute approximate surface area is 155 Å². The lowest BCUT2D eigenvalue weighted by atomic mass is 10.1. The molecule has 0 spiro atoms. The molecule has 26 heavy (non-hydrogen) atoms. The highest BCUT2D eigenvalue weighted by atomic mass is 32.1. The number of nitrogens with one attached hydrogen (secondary N) is 2. The van der Waals surface area contributed by atoms with E-state index in [9.17, 15) is 4.79 Å². The first-order valence-corrected chi connectivity index (χ1v) is 9.18. The number of aryl methyl sites for hydroxylation is 2. The third-order valence-electron chi connectivity index (χ3n) is 4.46. The molecule has 0 fully saturated rings. The SMILES string of the molecule is Cc1[nH]c2ccc(C(=O)Nc3nnc(Cc4ccccc4)s3)cc2c1C. The monoisotopic (exact) mass is 362 g/mol. The van der Waals surface area contributed by atoms with E-state index in [4.69, 9.17) is 0 Å². The molecular formula is C20H18N4OS. The molecule has 0 radical (unpaired) electrons. The molecule has 0 atom stereocenters. The predicted molar refractivity (Wildman–Crippen MR) is 105 cm³/mol. The maximum absolute atomic E-state index is 12.6. The molecule has 0 aliphatic rings. The van der Waals surface area contributed by atoms with Gasteiger partial charge in [0.1, 0.15) is 5.01 Å². The van der Waals surface area contributed by atoms with Crippen LogP contribution < -0.4 is 5.32 Å². The Morgan fingerprint density at radius 3 is 2.73 bits per heavy atom. The van der Waals surface area contributed by atoms with E-state index in [1.807, 2.05) is 43.3 Å². The second kappa shape index (κ2) is 6.72. The molecule has 2 aromatic carbocycles. The van der Waals surface area contributed by atoms with Crippen molar-refractivity contribution in [2.24, 2.45) is 0 Å². The molecule has 0 bridgehead atoms. The van der Waals surface area contributed by atoms with Gasteiger partial charge in [-0.15, -0.1) is 10.2 Å². The lowest BCUT2D eigenvalue weighted by Gasteiger charge is -2.02. The summed E-state index contributed by atoms with van der Waals surface area (Å²) in [6.45, 7) is 4.08. The largest absolute Gasteiger partial charge is 0.358 e. The lowest BCUT2D eigenvalue weighted by molar-refractivity contribution is 0.102. The number of carbonyl (C=O) groups excluding carboxylic acids is 1. The van der Waals surface area contributed by atoms with Crippen molar-refractivity contribution in [1.29, 1.82) is 0 Å². The molecule has 6 heteroatoms. The molecule has 0 unspecified atom stereocenters. The van der Waals surface area contributed by atoms with Crippen LogP contribution in [0.4, 0.5) is 5.13 Å². The van der Waals surface area contributed by atoms with E-state index < -0.39 is 0 Å². The zero-order valence-corrected chi connectivity index (χ0v) is 15.4. The topological polar surface area (TPSA) is 70.7 Å². The summed E-state index contributed by atoms with van der Waals surface area (Å²) in [6.07, 6.45) is 0.710. The molecule has 2 heterocycles. The van der Waals surface area contributed by atoms with Gasteiger partial charge in [0.25, 0.3) is 5.91 Å². The van der Waals surface area contributed by atoms with Gasteiger partial charge in [-0.1, -0.05) is 41.7 Å². The number of anilines is 1. The van der Waals surface area contributed by atoms with Crippen LogP contribution >= 0.6 is 11.3 Å². The van der Waals surface area contributed by atoms with Crippen molar-refractivity contribution in [3.63, 3.8) is 0 Å². The number of benzene rings is 2. The number of hydrogen-bond acceptors (Lipinski definition) is 4. The third kappa shape index (κ3) is 3.23. The molecular weight excluding hydrogens is 344 g/mol. The molecule has 0 aliphatic carbocycles. The highest BCUT2D eigenvalue weighted by Gasteiger charge is 2.13. The summed E-state index contributed by atoms with van der Waals surface area (Å²) in [6, 6.07) is 15.8. The normalized spacial score (nSPS) is 11.0. The average Bonchev–Trinajstić information content (AvgIpc) is 3.20. The van der Waals surface area contributed by atoms with Gasteiger partial charge in [-0.05, 0) is 43.2 Å². The summed E-state index contributed by atoms with van der Waals surface area (Å²) in [7, 11) is 0. The maximum atomic E-state index is 12.6. The number of rotatable bonds is 4. The molecule has 5 nitrogen and oxygen atoms in total. The van der Waals surface area contributed by atoms with E-state index in [-0.39, 0.29) is 5.91 Å². The number of nitrogens with zero attached hydrogens (tertiary/aromatic N) is 2. The van der Waals surface area contributed by atoms with Gasteiger partial charge in [0.15, 0.2) is 0 Å². The molecule has 0 saturated heterocycles. The van der Waals surface area contributed by atoms with E-state index >= 15 is 0 Å². The quantitative estimate of drug-likeness (QED) is 0.562. The van der Waals surface area contributed by atoms with Crippen molar-refractivity contribution in [3.8, 4) is 0 Å². The van der Waals surface area contributed by atoms with Crippen LogP contribution in [0, 0.1) is 13.8 Å². The fraction of sp³-hybridized carbons (Fsp3) is 0.150. The van der Waals surface area contributed by atoms with Crippen molar-refractivity contribution in [3.05, 3.63) is 75.9 Å². The third-order valence-corrected chi connectivity index (χ3v) is 5.29. The first-order chi connectivity index (χ1) is 12.6. The average molecular weight is 362 g/mol. The molecule has 130 valence electrons. The van der Waals surface area contributed by atoms with Crippen LogP contribution in [-0.4, -0.2) is 21.1 Å². The molecule has 1 amide bonds. The summed E-state index contributed by atoms with van der Waals surface area (Å²) >= 11 is 1.40. The van der Waals surface area contributed by atoms with E-state index in [1.54, 1.807) is 0 Å². The van der Waals surface area contributed by atoms with Gasteiger partial charge in [0.05, 0.1) is 0 Å². The second-order valence-corrected chi connectivity index (χ2v) is 7.31. The Kier molecular flexibility index (Phi) is 4.26. The van der Waals surface area contributed by atoms with Gasteiger partial charge in [0.2, 0.25) is 5.13 Å². The van der Waals surface area contributed by atoms with Gasteiger partial charge in [0, 0.05) is 28.6 Å². The smallest absolute Gasteiger partial charge is 0.257 e. The summed E-state index contributed by atoms with van der Waals surface area (Å²) < 4.78 is 0. The first kappa shape index (κ1) is 16.5. The Hall–Kier alpha value is -2.99.